The van der Waals surface area contributed by atoms with E-state index in [1.807, 2.05) is 48.5 Å². The summed E-state index contributed by atoms with van der Waals surface area (Å²) in [5.41, 5.74) is 15.0. The maximum absolute atomic E-state index is 5.50. The van der Waals surface area contributed by atoms with Crippen molar-refractivity contribution in [3.63, 3.8) is 0 Å². The van der Waals surface area contributed by atoms with Crippen LogP contribution in [0, 0.1) is 0 Å². The second kappa shape index (κ2) is 20.0. The molecule has 6 heteroatoms. The fourth-order valence-corrected chi connectivity index (χ4v) is 9.72. The topological polar surface area (TPSA) is 43.4 Å². The minimum Gasteiger partial charge on any atom is -0.497 e. The molecule has 0 aliphatic rings. The normalized spacial score (nSPS) is 11.1. The average molecular weight is 937 g/mol. The zero-order valence-corrected chi connectivity index (χ0v) is 40.6. The Morgan fingerprint density at radius 3 is 0.583 bits per heavy atom. The van der Waals surface area contributed by atoms with Gasteiger partial charge >= 0.3 is 0 Å². The van der Waals surface area contributed by atoms with Crippen molar-refractivity contribution in [1.29, 1.82) is 0 Å². The van der Waals surface area contributed by atoms with E-state index in [0.717, 1.165) is 123 Å². The van der Waals surface area contributed by atoms with E-state index >= 15 is 0 Å². The summed E-state index contributed by atoms with van der Waals surface area (Å²) in [5, 5.41) is 4.54. The van der Waals surface area contributed by atoms with E-state index in [4.69, 9.17) is 18.9 Å². The third kappa shape index (κ3) is 8.82. The molecule has 0 bridgehead atoms. The van der Waals surface area contributed by atoms with Crippen LogP contribution in [0.4, 0.5) is 34.1 Å². The molecule has 0 N–H and O–H groups in total. The lowest BCUT2D eigenvalue weighted by molar-refractivity contribution is 0.415. The van der Waals surface area contributed by atoms with Crippen LogP contribution in [0.3, 0.4) is 0 Å². The Balaban J connectivity index is 1.16. The molecule has 11 aromatic carbocycles. The molecule has 72 heavy (non-hydrogen) atoms. The molecule has 0 saturated carbocycles. The van der Waals surface area contributed by atoms with Crippen molar-refractivity contribution < 1.29 is 18.9 Å². The van der Waals surface area contributed by atoms with Gasteiger partial charge in [-0.1, -0.05) is 146 Å². The Morgan fingerprint density at radius 2 is 0.389 bits per heavy atom. The van der Waals surface area contributed by atoms with Gasteiger partial charge in [-0.05, 0) is 152 Å². The predicted octanol–water partition coefficient (Wildman–Crippen LogP) is 17.6. The largest absolute Gasteiger partial charge is 0.497 e. The summed E-state index contributed by atoms with van der Waals surface area (Å²) in [6.45, 7) is 0. The minimum absolute atomic E-state index is 0.825. The third-order valence-electron chi connectivity index (χ3n) is 13.5. The zero-order chi connectivity index (χ0) is 49.0. The molecule has 0 aliphatic heterocycles. The number of rotatable bonds is 14. The van der Waals surface area contributed by atoms with E-state index in [9.17, 15) is 0 Å². The first kappa shape index (κ1) is 45.2. The van der Waals surface area contributed by atoms with Crippen molar-refractivity contribution in [2.24, 2.45) is 0 Å². The van der Waals surface area contributed by atoms with Crippen molar-refractivity contribution in [2.75, 3.05) is 38.2 Å². The lowest BCUT2D eigenvalue weighted by Crippen LogP contribution is -2.18. The number of benzene rings is 11. The lowest BCUT2D eigenvalue weighted by atomic mass is 9.94. The number of hydrogen-bond acceptors (Lipinski definition) is 6. The summed E-state index contributed by atoms with van der Waals surface area (Å²) in [6.07, 6.45) is 0. The van der Waals surface area contributed by atoms with Gasteiger partial charge in [-0.2, -0.15) is 0 Å². The standard InChI is InChI=1S/C66H52N2O4/c1-69-57-37-21-49(22-38-57)45-13-29-53(30-14-45)67(54-31-15-46(16-32-54)50-23-39-58(70-2)40-24-50)65-63-11-7-5-9-61(63)62-10-6-8-12-64(62)66(65)68(55-33-17-47(18-34-55)51-25-41-59(71-3)42-26-51)56-35-19-48(20-36-56)52-27-43-60(72-4)44-28-52/h5-44H,1-4H3. The highest BCUT2D eigenvalue weighted by molar-refractivity contribution is 6.23. The van der Waals surface area contributed by atoms with Crippen LogP contribution in [-0.2, 0) is 0 Å². The molecule has 350 valence electrons. The summed E-state index contributed by atoms with van der Waals surface area (Å²) < 4.78 is 22.0. The summed E-state index contributed by atoms with van der Waals surface area (Å²) in [5.74, 6) is 3.30. The van der Waals surface area contributed by atoms with Crippen LogP contribution in [0.1, 0.15) is 0 Å². The van der Waals surface area contributed by atoms with Gasteiger partial charge in [0.2, 0.25) is 0 Å². The van der Waals surface area contributed by atoms with Gasteiger partial charge in [-0.15, -0.1) is 0 Å². The van der Waals surface area contributed by atoms with Crippen LogP contribution < -0.4 is 28.7 Å². The van der Waals surface area contributed by atoms with E-state index in [0.29, 0.717) is 0 Å². The monoisotopic (exact) mass is 936 g/mol. The third-order valence-corrected chi connectivity index (χ3v) is 13.5. The van der Waals surface area contributed by atoms with Gasteiger partial charge in [0.1, 0.15) is 23.0 Å². The highest BCUT2D eigenvalue weighted by atomic mass is 16.5. The maximum atomic E-state index is 5.50. The molecule has 0 spiro atoms. The Hall–Kier alpha value is -9.26. The first-order valence-corrected chi connectivity index (χ1v) is 24.0. The second-order valence-corrected chi connectivity index (χ2v) is 17.6. The molecule has 0 fully saturated rings. The molecular formula is C66H52N2O4. The predicted molar refractivity (Wildman–Crippen MR) is 299 cm³/mol. The van der Waals surface area contributed by atoms with Crippen molar-refractivity contribution in [2.45, 2.75) is 0 Å². The second-order valence-electron chi connectivity index (χ2n) is 17.6. The molecule has 0 radical (unpaired) electrons. The first-order valence-electron chi connectivity index (χ1n) is 24.0. The molecule has 11 aromatic rings. The van der Waals surface area contributed by atoms with E-state index in [1.165, 1.54) is 0 Å². The SMILES string of the molecule is COc1ccc(-c2ccc(N(c3ccc(-c4ccc(OC)cc4)cc3)c3c(N(c4ccc(-c5ccc(OC)cc5)cc4)c4ccc(-c5ccc(OC)cc5)cc4)c4ccccc4c4ccccc34)cc2)cc1. The number of anilines is 6. The molecule has 11 rings (SSSR count). The van der Waals surface area contributed by atoms with Crippen LogP contribution in [-0.4, -0.2) is 28.4 Å². The fourth-order valence-electron chi connectivity index (χ4n) is 9.72. The van der Waals surface area contributed by atoms with Gasteiger partial charge in [0.25, 0.3) is 0 Å². The fraction of sp³-hybridized carbons (Fsp3) is 0.0606. The highest BCUT2D eigenvalue weighted by Gasteiger charge is 2.28. The van der Waals surface area contributed by atoms with Crippen molar-refractivity contribution in [3.05, 3.63) is 243 Å². The van der Waals surface area contributed by atoms with Gasteiger partial charge in [-0.25, -0.2) is 0 Å². The van der Waals surface area contributed by atoms with Crippen molar-refractivity contribution in [3.8, 4) is 67.5 Å². The molecule has 0 saturated heterocycles. The average Bonchev–Trinajstić information content (AvgIpc) is 3.46. The van der Waals surface area contributed by atoms with Crippen LogP contribution in [0.2, 0.25) is 0 Å². The molecule has 0 aliphatic carbocycles. The summed E-state index contributed by atoms with van der Waals surface area (Å²) >= 11 is 0. The number of nitrogens with zero attached hydrogens (tertiary/aromatic N) is 2. The van der Waals surface area contributed by atoms with Gasteiger partial charge in [0.05, 0.1) is 39.8 Å². The van der Waals surface area contributed by atoms with Crippen LogP contribution in [0.25, 0.3) is 66.1 Å². The summed E-state index contributed by atoms with van der Waals surface area (Å²) in [6, 6.07) is 86.2. The van der Waals surface area contributed by atoms with Crippen molar-refractivity contribution in [1.82, 2.24) is 0 Å². The van der Waals surface area contributed by atoms with E-state index in [2.05, 4.69) is 204 Å². The number of methoxy groups -OCH3 is 4. The Morgan fingerprint density at radius 1 is 0.208 bits per heavy atom. The van der Waals surface area contributed by atoms with Gasteiger partial charge in [-0.3, -0.25) is 0 Å². The van der Waals surface area contributed by atoms with Crippen molar-refractivity contribution >= 4 is 55.7 Å². The smallest absolute Gasteiger partial charge is 0.118 e. The molecule has 0 unspecified atom stereocenters. The van der Waals surface area contributed by atoms with Crippen LogP contribution in [0.5, 0.6) is 23.0 Å². The van der Waals surface area contributed by atoms with Crippen LogP contribution in [0.15, 0.2) is 243 Å². The molecule has 0 atom stereocenters. The summed E-state index contributed by atoms with van der Waals surface area (Å²) in [4.78, 5) is 4.87. The molecule has 0 heterocycles. The van der Waals surface area contributed by atoms with Gasteiger partial charge < -0.3 is 28.7 Å². The summed E-state index contributed by atoms with van der Waals surface area (Å²) in [7, 11) is 6.79. The molecule has 0 amide bonds. The lowest BCUT2D eigenvalue weighted by Gasteiger charge is -2.35. The quantitative estimate of drug-likeness (QED) is 0.0799. The zero-order valence-electron chi connectivity index (χ0n) is 40.6. The van der Waals surface area contributed by atoms with Gasteiger partial charge in [0.15, 0.2) is 0 Å². The van der Waals surface area contributed by atoms with Gasteiger partial charge in [0, 0.05) is 33.5 Å². The molecular weight excluding hydrogens is 885 g/mol. The minimum atomic E-state index is 0.825. The number of hydrogen-bond donors (Lipinski definition) is 0. The molecule has 6 nitrogen and oxygen atoms in total. The van der Waals surface area contributed by atoms with Crippen LogP contribution >= 0.6 is 0 Å². The van der Waals surface area contributed by atoms with E-state index < -0.39 is 0 Å². The Kier molecular flexibility index (Phi) is 12.6. The molecule has 0 aromatic heterocycles. The van der Waals surface area contributed by atoms with E-state index in [-0.39, 0.29) is 0 Å². The van der Waals surface area contributed by atoms with E-state index in [1.54, 1.807) is 28.4 Å². The Labute approximate surface area is 421 Å². The maximum Gasteiger partial charge on any atom is 0.118 e. The Bertz CT molecular complexity index is 3190. The number of ether oxygens (including phenoxy) is 4. The number of fused-ring (bicyclic) bond motifs is 3. The highest BCUT2D eigenvalue weighted by Crippen LogP contribution is 2.53. The first-order chi connectivity index (χ1) is 35.5.